The largest absolute Gasteiger partial charge is 0.377 e. The number of ether oxygens (including phenoxy) is 1. The molecule has 1 saturated heterocycles. The van der Waals surface area contributed by atoms with Crippen LogP contribution in [0.5, 0.6) is 0 Å². The van der Waals surface area contributed by atoms with Crippen molar-refractivity contribution in [2.45, 2.75) is 19.9 Å². The lowest BCUT2D eigenvalue weighted by atomic mass is 10.0. The van der Waals surface area contributed by atoms with Crippen molar-refractivity contribution in [3.8, 4) is 0 Å². The van der Waals surface area contributed by atoms with Gasteiger partial charge in [0, 0.05) is 29.4 Å². The van der Waals surface area contributed by atoms with Crippen LogP contribution in [0.3, 0.4) is 0 Å². The molecular weight excluding hydrogens is 304 g/mol. The predicted octanol–water partition coefficient (Wildman–Crippen LogP) is 2.72. The van der Waals surface area contributed by atoms with Crippen LogP contribution in [0.15, 0.2) is 30.5 Å². The first-order valence-electron chi connectivity index (χ1n) is 8.13. The lowest BCUT2D eigenvalue weighted by Crippen LogP contribution is -2.43. The SMILES string of the molecule is Cc1n[nH]c(C)c1[C@H]1COCCN1C(=O)c1cccc2cc[nH]c12. The number of hydrogen-bond donors (Lipinski definition) is 2. The molecule has 124 valence electrons. The summed E-state index contributed by atoms with van der Waals surface area (Å²) in [5.41, 5.74) is 4.54. The van der Waals surface area contributed by atoms with E-state index < -0.39 is 0 Å². The molecule has 6 heteroatoms. The third kappa shape index (κ3) is 2.30. The number of para-hydroxylation sites is 1. The molecule has 0 aliphatic carbocycles. The Balaban J connectivity index is 1.75. The van der Waals surface area contributed by atoms with Crippen LogP contribution in [-0.2, 0) is 4.74 Å². The average Bonchev–Trinajstić information content (AvgIpc) is 3.20. The lowest BCUT2D eigenvalue weighted by Gasteiger charge is -2.36. The van der Waals surface area contributed by atoms with Crippen molar-refractivity contribution < 1.29 is 9.53 Å². The lowest BCUT2D eigenvalue weighted by molar-refractivity contribution is -0.00291. The van der Waals surface area contributed by atoms with Gasteiger partial charge in [-0.15, -0.1) is 0 Å². The fraction of sp³-hybridized carbons (Fsp3) is 0.333. The number of carbonyl (C=O) groups excluding carboxylic acids is 1. The van der Waals surface area contributed by atoms with Gasteiger partial charge in [0.2, 0.25) is 0 Å². The number of aromatic amines is 2. The van der Waals surface area contributed by atoms with Crippen LogP contribution < -0.4 is 0 Å². The minimum atomic E-state index is -0.116. The highest BCUT2D eigenvalue weighted by Crippen LogP contribution is 2.30. The molecule has 0 bridgehead atoms. The number of H-pyrrole nitrogens is 2. The maximum absolute atomic E-state index is 13.3. The van der Waals surface area contributed by atoms with Gasteiger partial charge in [-0.05, 0) is 26.0 Å². The first kappa shape index (κ1) is 15.0. The molecular formula is C18H20N4O2. The summed E-state index contributed by atoms with van der Waals surface area (Å²) < 4.78 is 5.66. The molecule has 1 aliphatic rings. The van der Waals surface area contributed by atoms with E-state index in [-0.39, 0.29) is 11.9 Å². The van der Waals surface area contributed by atoms with Crippen molar-refractivity contribution in [3.63, 3.8) is 0 Å². The second-order valence-electron chi connectivity index (χ2n) is 6.18. The van der Waals surface area contributed by atoms with Gasteiger partial charge in [-0.25, -0.2) is 0 Å². The Morgan fingerprint density at radius 2 is 2.21 bits per heavy atom. The summed E-state index contributed by atoms with van der Waals surface area (Å²) in [6, 6.07) is 7.67. The van der Waals surface area contributed by atoms with E-state index in [1.165, 1.54) is 0 Å². The first-order chi connectivity index (χ1) is 11.7. The van der Waals surface area contributed by atoms with Gasteiger partial charge in [-0.1, -0.05) is 12.1 Å². The third-order valence-corrected chi connectivity index (χ3v) is 4.73. The number of fused-ring (bicyclic) bond motifs is 1. The van der Waals surface area contributed by atoms with Crippen molar-refractivity contribution in [3.05, 3.63) is 53.0 Å². The molecule has 6 nitrogen and oxygen atoms in total. The highest BCUT2D eigenvalue weighted by molar-refractivity contribution is 6.05. The minimum absolute atomic E-state index is 0.0244. The first-order valence-corrected chi connectivity index (χ1v) is 8.13. The zero-order valence-electron chi connectivity index (χ0n) is 13.8. The van der Waals surface area contributed by atoms with Crippen LogP contribution in [0.2, 0.25) is 0 Å². The number of aromatic nitrogens is 3. The zero-order chi connectivity index (χ0) is 16.7. The molecule has 1 atom stereocenters. The topological polar surface area (TPSA) is 74.0 Å². The number of aryl methyl sites for hydroxylation is 2. The molecule has 0 unspecified atom stereocenters. The quantitative estimate of drug-likeness (QED) is 0.761. The average molecular weight is 324 g/mol. The molecule has 2 aromatic heterocycles. The molecule has 1 fully saturated rings. The fourth-order valence-electron chi connectivity index (χ4n) is 3.55. The number of carbonyl (C=O) groups is 1. The molecule has 3 aromatic rings. The molecule has 24 heavy (non-hydrogen) atoms. The van der Waals surface area contributed by atoms with Gasteiger partial charge < -0.3 is 14.6 Å². The van der Waals surface area contributed by atoms with Crippen LogP contribution in [0.4, 0.5) is 0 Å². The number of nitrogens with zero attached hydrogens (tertiary/aromatic N) is 2. The van der Waals surface area contributed by atoms with Crippen LogP contribution in [0, 0.1) is 13.8 Å². The van der Waals surface area contributed by atoms with E-state index in [4.69, 9.17) is 4.74 Å². The molecule has 3 heterocycles. The van der Waals surface area contributed by atoms with Crippen LogP contribution >= 0.6 is 0 Å². The summed E-state index contributed by atoms with van der Waals surface area (Å²) >= 11 is 0. The monoisotopic (exact) mass is 324 g/mol. The van der Waals surface area contributed by atoms with Gasteiger partial charge in [0.25, 0.3) is 5.91 Å². The third-order valence-electron chi connectivity index (χ3n) is 4.73. The Bertz CT molecular complexity index is 876. The highest BCUT2D eigenvalue weighted by atomic mass is 16.5. The Kier molecular flexibility index (Phi) is 3.61. The standard InChI is InChI=1S/C18H20N4O2/c1-11-16(12(2)21-20-11)15-10-24-9-8-22(15)18(23)14-5-3-4-13-6-7-19-17(13)14/h3-7,15,19H,8-10H2,1-2H3,(H,20,21)/t15-/m1/s1. The van der Waals surface area contributed by atoms with Gasteiger partial charge in [-0.2, -0.15) is 5.10 Å². The van der Waals surface area contributed by atoms with E-state index in [9.17, 15) is 4.79 Å². The van der Waals surface area contributed by atoms with E-state index in [2.05, 4.69) is 15.2 Å². The summed E-state index contributed by atoms with van der Waals surface area (Å²) in [4.78, 5) is 18.3. The molecule has 1 amide bonds. The maximum atomic E-state index is 13.3. The summed E-state index contributed by atoms with van der Waals surface area (Å²) in [6.45, 7) is 5.57. The number of hydrogen-bond acceptors (Lipinski definition) is 3. The molecule has 0 spiro atoms. The van der Waals surface area contributed by atoms with Crippen molar-refractivity contribution in [1.82, 2.24) is 20.1 Å². The van der Waals surface area contributed by atoms with Crippen molar-refractivity contribution in [2.24, 2.45) is 0 Å². The van der Waals surface area contributed by atoms with E-state index in [1.807, 2.05) is 49.2 Å². The van der Waals surface area contributed by atoms with E-state index >= 15 is 0 Å². The molecule has 0 saturated carbocycles. The smallest absolute Gasteiger partial charge is 0.256 e. The fourth-order valence-corrected chi connectivity index (χ4v) is 3.55. The van der Waals surface area contributed by atoms with E-state index in [0.717, 1.165) is 27.9 Å². The summed E-state index contributed by atoms with van der Waals surface area (Å²) in [5.74, 6) is 0.0244. The number of nitrogens with one attached hydrogen (secondary N) is 2. The normalized spacial score (nSPS) is 18.2. The maximum Gasteiger partial charge on any atom is 0.256 e. The van der Waals surface area contributed by atoms with Gasteiger partial charge in [0.05, 0.1) is 36.0 Å². The second-order valence-corrected chi connectivity index (χ2v) is 6.18. The van der Waals surface area contributed by atoms with Crippen LogP contribution in [-0.4, -0.2) is 45.7 Å². The Hall–Kier alpha value is -2.60. The van der Waals surface area contributed by atoms with Crippen LogP contribution in [0.25, 0.3) is 10.9 Å². The number of amides is 1. The molecule has 2 N–H and O–H groups in total. The molecule has 4 rings (SSSR count). The molecule has 1 aromatic carbocycles. The van der Waals surface area contributed by atoms with Gasteiger partial charge in [0.1, 0.15) is 0 Å². The van der Waals surface area contributed by atoms with Gasteiger partial charge >= 0.3 is 0 Å². The zero-order valence-corrected chi connectivity index (χ0v) is 13.8. The minimum Gasteiger partial charge on any atom is -0.377 e. The Morgan fingerprint density at radius 1 is 1.33 bits per heavy atom. The molecule has 0 radical (unpaired) electrons. The van der Waals surface area contributed by atoms with E-state index in [0.29, 0.717) is 25.3 Å². The second kappa shape index (κ2) is 5.79. The molecule has 1 aliphatic heterocycles. The highest BCUT2D eigenvalue weighted by Gasteiger charge is 2.33. The van der Waals surface area contributed by atoms with Gasteiger partial charge in [0.15, 0.2) is 0 Å². The van der Waals surface area contributed by atoms with Crippen molar-refractivity contribution in [2.75, 3.05) is 19.8 Å². The van der Waals surface area contributed by atoms with Crippen molar-refractivity contribution in [1.29, 1.82) is 0 Å². The summed E-state index contributed by atoms with van der Waals surface area (Å²) in [7, 11) is 0. The summed E-state index contributed by atoms with van der Waals surface area (Å²) in [6.07, 6.45) is 1.86. The number of rotatable bonds is 2. The Labute approximate surface area is 139 Å². The number of morpholine rings is 1. The predicted molar refractivity (Wildman–Crippen MR) is 91.0 cm³/mol. The van der Waals surface area contributed by atoms with Crippen molar-refractivity contribution >= 4 is 16.8 Å². The number of benzene rings is 1. The van der Waals surface area contributed by atoms with E-state index in [1.54, 1.807) is 0 Å². The van der Waals surface area contributed by atoms with Crippen LogP contribution in [0.1, 0.15) is 33.4 Å². The summed E-state index contributed by atoms with van der Waals surface area (Å²) in [5, 5.41) is 8.33. The van der Waals surface area contributed by atoms with Gasteiger partial charge in [-0.3, -0.25) is 9.89 Å². The Morgan fingerprint density at radius 3 is 3.00 bits per heavy atom.